The Bertz CT molecular complexity index is 663. The quantitative estimate of drug-likeness (QED) is 0.497. The van der Waals surface area contributed by atoms with Crippen molar-refractivity contribution in [2.45, 2.75) is 111 Å². The molecule has 0 amide bonds. The second-order valence-electron chi connectivity index (χ2n) is 11.2. The van der Waals surface area contributed by atoms with Gasteiger partial charge in [0.05, 0.1) is 11.7 Å². The van der Waals surface area contributed by atoms with Gasteiger partial charge in [-0.05, 0) is 106 Å². The predicted octanol–water partition coefficient (Wildman–Crippen LogP) is 6.73. The Hall–Kier alpha value is -0.860. The van der Waals surface area contributed by atoms with E-state index in [1.54, 1.807) is 5.57 Å². The van der Waals surface area contributed by atoms with Crippen molar-refractivity contribution < 1.29 is 10.2 Å². The first-order valence-electron chi connectivity index (χ1n) is 12.1. The zero-order valence-corrected chi connectivity index (χ0v) is 19.5. The van der Waals surface area contributed by atoms with Gasteiger partial charge in [0.15, 0.2) is 0 Å². The van der Waals surface area contributed by atoms with Gasteiger partial charge in [-0.15, -0.1) is 0 Å². The van der Waals surface area contributed by atoms with Crippen molar-refractivity contribution >= 4 is 0 Å². The molecule has 0 aromatic carbocycles. The first-order chi connectivity index (χ1) is 13.6. The zero-order valence-electron chi connectivity index (χ0n) is 19.5. The third-order valence-corrected chi connectivity index (χ3v) is 8.34. The fourth-order valence-electron chi connectivity index (χ4n) is 6.52. The van der Waals surface area contributed by atoms with E-state index in [1.807, 2.05) is 13.8 Å². The van der Waals surface area contributed by atoms with Gasteiger partial charge in [0.25, 0.3) is 0 Å². The minimum Gasteiger partial charge on any atom is -0.393 e. The highest BCUT2D eigenvalue weighted by Gasteiger charge is 2.49. The minimum atomic E-state index is -0.535. The van der Waals surface area contributed by atoms with Gasteiger partial charge in [0.1, 0.15) is 0 Å². The van der Waals surface area contributed by atoms with Crippen LogP contribution in [0.25, 0.3) is 0 Å². The van der Waals surface area contributed by atoms with Crippen LogP contribution in [0, 0.1) is 23.2 Å². The molecule has 2 nitrogen and oxygen atoms in total. The summed E-state index contributed by atoms with van der Waals surface area (Å²) in [7, 11) is 0. The van der Waals surface area contributed by atoms with E-state index < -0.39 is 5.60 Å². The van der Waals surface area contributed by atoms with E-state index in [2.05, 4.69) is 39.0 Å². The Balaban J connectivity index is 1.66. The Morgan fingerprint density at radius 1 is 1.24 bits per heavy atom. The van der Waals surface area contributed by atoms with Crippen molar-refractivity contribution in [3.8, 4) is 0 Å². The normalized spacial score (nSPS) is 34.4. The summed E-state index contributed by atoms with van der Waals surface area (Å²) >= 11 is 0. The van der Waals surface area contributed by atoms with Gasteiger partial charge < -0.3 is 10.2 Å². The third kappa shape index (κ3) is 5.44. The van der Waals surface area contributed by atoms with E-state index in [0.29, 0.717) is 11.3 Å². The average Bonchev–Trinajstić information content (AvgIpc) is 2.99. The summed E-state index contributed by atoms with van der Waals surface area (Å²) in [5.41, 5.74) is 4.23. The molecule has 164 valence electrons. The van der Waals surface area contributed by atoms with Crippen molar-refractivity contribution in [2.75, 3.05) is 0 Å². The molecular formula is C27H44O2. The van der Waals surface area contributed by atoms with Crippen LogP contribution in [0.2, 0.25) is 0 Å². The van der Waals surface area contributed by atoms with Crippen LogP contribution in [0.3, 0.4) is 0 Å². The molecule has 0 spiro atoms. The van der Waals surface area contributed by atoms with Crippen LogP contribution >= 0.6 is 0 Å². The van der Waals surface area contributed by atoms with Crippen LogP contribution in [0.15, 0.2) is 34.9 Å². The number of rotatable bonds is 7. The fourth-order valence-corrected chi connectivity index (χ4v) is 6.52. The monoisotopic (exact) mass is 400 g/mol. The van der Waals surface area contributed by atoms with Gasteiger partial charge in [0.2, 0.25) is 0 Å². The summed E-state index contributed by atoms with van der Waals surface area (Å²) < 4.78 is 0. The lowest BCUT2D eigenvalue weighted by Crippen LogP contribution is -2.35. The maximum Gasteiger partial charge on any atom is 0.0591 e. The summed E-state index contributed by atoms with van der Waals surface area (Å²) in [5.74, 6) is 2.21. The van der Waals surface area contributed by atoms with Crippen molar-refractivity contribution in [1.29, 1.82) is 0 Å². The molecule has 1 saturated carbocycles. The Labute approximate surface area is 179 Å². The van der Waals surface area contributed by atoms with Crippen molar-refractivity contribution in [2.24, 2.45) is 23.2 Å². The summed E-state index contributed by atoms with van der Waals surface area (Å²) in [5, 5.41) is 20.1. The topological polar surface area (TPSA) is 40.5 Å². The lowest BCUT2D eigenvalue weighted by atomic mass is 9.62. The molecule has 5 atom stereocenters. The molecule has 3 aliphatic rings. The third-order valence-electron chi connectivity index (χ3n) is 8.34. The summed E-state index contributed by atoms with van der Waals surface area (Å²) in [6.07, 6.45) is 18.2. The summed E-state index contributed by atoms with van der Waals surface area (Å²) in [6.45, 7) is 11.1. The van der Waals surface area contributed by atoms with Crippen LogP contribution in [0.4, 0.5) is 0 Å². The Morgan fingerprint density at radius 2 is 2.00 bits per heavy atom. The standard InChI is InChI=1S/C27H44O2/c1-19-10-13-23(28)18-22(19)12-11-21-9-7-17-27(5)24(14-15-25(21)27)20(2)8-6-16-26(3,4)29/h9,11-12,20,23-25,28-29H,6-8,10,13-18H2,1-5H3/b12-11-/t20-,23+,24-,25-,27-/m1/s1. The van der Waals surface area contributed by atoms with Gasteiger partial charge in [-0.25, -0.2) is 0 Å². The number of allylic oxidation sites excluding steroid dienone is 5. The minimum absolute atomic E-state index is 0.162. The van der Waals surface area contributed by atoms with E-state index >= 15 is 0 Å². The number of hydrogen-bond donors (Lipinski definition) is 2. The SMILES string of the molecule is CC1=C(/C=C\C2=CCC[C@@]3(C)[C@@H]2CC[C@@H]3[C@H](C)CCCC(C)(C)O)C[C@@H](O)CC1. The molecule has 3 rings (SSSR count). The number of fused-ring (bicyclic) bond motifs is 1. The molecule has 0 aromatic rings. The molecule has 0 unspecified atom stereocenters. The Kier molecular flexibility index (Phi) is 7.16. The van der Waals surface area contributed by atoms with Crippen LogP contribution in [0.5, 0.6) is 0 Å². The first kappa shape index (κ1) is 22.8. The smallest absolute Gasteiger partial charge is 0.0591 e. The van der Waals surface area contributed by atoms with E-state index in [9.17, 15) is 10.2 Å². The van der Waals surface area contributed by atoms with E-state index in [-0.39, 0.29) is 6.10 Å². The van der Waals surface area contributed by atoms with Crippen LogP contribution in [0.1, 0.15) is 98.8 Å². The van der Waals surface area contributed by atoms with Crippen molar-refractivity contribution in [1.82, 2.24) is 0 Å². The van der Waals surface area contributed by atoms with Gasteiger partial charge in [0, 0.05) is 0 Å². The number of hydrogen-bond acceptors (Lipinski definition) is 2. The maximum absolute atomic E-state index is 10.0. The average molecular weight is 401 g/mol. The van der Waals surface area contributed by atoms with Crippen molar-refractivity contribution in [3.63, 3.8) is 0 Å². The first-order valence-corrected chi connectivity index (χ1v) is 12.1. The molecule has 29 heavy (non-hydrogen) atoms. The van der Waals surface area contributed by atoms with E-state index in [4.69, 9.17) is 0 Å². The highest BCUT2D eigenvalue weighted by Crippen LogP contribution is 2.58. The lowest BCUT2D eigenvalue weighted by Gasteiger charge is -2.43. The van der Waals surface area contributed by atoms with Crippen LogP contribution in [-0.2, 0) is 0 Å². The van der Waals surface area contributed by atoms with Gasteiger partial charge in [-0.3, -0.25) is 0 Å². The van der Waals surface area contributed by atoms with Gasteiger partial charge in [-0.1, -0.05) is 50.5 Å². The second kappa shape index (κ2) is 9.10. The summed E-state index contributed by atoms with van der Waals surface area (Å²) in [6, 6.07) is 0. The van der Waals surface area contributed by atoms with Crippen LogP contribution in [-0.4, -0.2) is 21.9 Å². The molecule has 0 bridgehead atoms. The second-order valence-corrected chi connectivity index (χ2v) is 11.2. The molecule has 0 aromatic heterocycles. The highest BCUT2D eigenvalue weighted by atomic mass is 16.3. The molecule has 1 fully saturated rings. The largest absolute Gasteiger partial charge is 0.393 e. The van der Waals surface area contributed by atoms with E-state index in [1.165, 1.54) is 43.3 Å². The van der Waals surface area contributed by atoms with E-state index in [0.717, 1.165) is 43.9 Å². The van der Waals surface area contributed by atoms with Crippen LogP contribution < -0.4 is 0 Å². The number of aliphatic hydroxyl groups is 2. The molecule has 0 radical (unpaired) electrons. The summed E-state index contributed by atoms with van der Waals surface area (Å²) in [4.78, 5) is 0. The van der Waals surface area contributed by atoms with Gasteiger partial charge in [-0.2, -0.15) is 0 Å². The molecule has 0 aliphatic heterocycles. The molecule has 3 aliphatic carbocycles. The van der Waals surface area contributed by atoms with Gasteiger partial charge >= 0.3 is 0 Å². The zero-order chi connectivity index (χ0) is 21.2. The molecule has 0 heterocycles. The number of aliphatic hydroxyl groups excluding tert-OH is 1. The maximum atomic E-state index is 10.0. The lowest BCUT2D eigenvalue weighted by molar-refractivity contribution is 0.0613. The van der Waals surface area contributed by atoms with Crippen molar-refractivity contribution in [3.05, 3.63) is 34.9 Å². The fraction of sp³-hybridized carbons (Fsp3) is 0.778. The highest BCUT2D eigenvalue weighted by molar-refractivity contribution is 5.36. The molecular weight excluding hydrogens is 356 g/mol. The molecule has 2 heteroatoms. The molecule has 0 saturated heterocycles. The predicted molar refractivity (Wildman–Crippen MR) is 123 cm³/mol. The molecule has 2 N–H and O–H groups in total. The Morgan fingerprint density at radius 3 is 2.72 bits per heavy atom.